The van der Waals surface area contributed by atoms with E-state index < -0.39 is 0 Å². The van der Waals surface area contributed by atoms with Gasteiger partial charge in [0.05, 0.1) is 10.7 Å². The third kappa shape index (κ3) is 2.24. The van der Waals surface area contributed by atoms with E-state index in [1.165, 1.54) is 25.7 Å². The van der Waals surface area contributed by atoms with E-state index in [9.17, 15) is 0 Å². The number of benzene rings is 1. The van der Waals surface area contributed by atoms with Crippen LogP contribution in [0.2, 0.25) is 5.02 Å². The zero-order valence-electron chi connectivity index (χ0n) is 10.5. The minimum absolute atomic E-state index is 0.287. The molecule has 2 unspecified atom stereocenters. The molecule has 1 aromatic rings. The molecule has 1 aliphatic heterocycles. The van der Waals surface area contributed by atoms with Crippen molar-refractivity contribution in [2.45, 2.75) is 38.6 Å². The fourth-order valence-corrected chi connectivity index (χ4v) is 2.97. The predicted molar refractivity (Wildman–Crippen MR) is 72.6 cm³/mol. The number of ether oxygens (including phenoxy) is 2. The van der Waals surface area contributed by atoms with Gasteiger partial charge in [0, 0.05) is 18.2 Å². The largest absolute Gasteiger partial charge is 0.454 e. The van der Waals surface area contributed by atoms with Crippen LogP contribution in [0.25, 0.3) is 0 Å². The molecule has 4 heteroatoms. The van der Waals surface area contributed by atoms with Crippen molar-refractivity contribution in [1.82, 2.24) is 0 Å². The Hall–Kier alpha value is -1.09. The lowest BCUT2D eigenvalue weighted by atomic mass is 9.86. The van der Waals surface area contributed by atoms with E-state index in [4.69, 9.17) is 21.1 Å². The van der Waals surface area contributed by atoms with Crippen molar-refractivity contribution in [3.05, 3.63) is 17.2 Å². The molecule has 2 atom stereocenters. The van der Waals surface area contributed by atoms with Gasteiger partial charge in [0.2, 0.25) is 6.79 Å². The molecule has 1 saturated carbocycles. The molecule has 2 aliphatic rings. The van der Waals surface area contributed by atoms with Crippen molar-refractivity contribution in [2.24, 2.45) is 5.92 Å². The summed E-state index contributed by atoms with van der Waals surface area (Å²) in [5.41, 5.74) is 0.958. The first kappa shape index (κ1) is 12.0. The minimum Gasteiger partial charge on any atom is -0.454 e. The van der Waals surface area contributed by atoms with Crippen LogP contribution in [0.1, 0.15) is 32.6 Å². The Labute approximate surface area is 112 Å². The lowest BCUT2D eigenvalue weighted by Gasteiger charge is -2.30. The third-order valence-corrected chi connectivity index (χ3v) is 4.23. The molecule has 0 spiro atoms. The topological polar surface area (TPSA) is 30.5 Å². The lowest BCUT2D eigenvalue weighted by molar-refractivity contribution is 0.174. The number of fused-ring (bicyclic) bond motifs is 1. The molecular formula is C14H18ClNO2. The molecule has 1 aromatic carbocycles. The summed E-state index contributed by atoms with van der Waals surface area (Å²) in [5.74, 6) is 2.22. The first-order valence-corrected chi connectivity index (χ1v) is 6.97. The molecular weight excluding hydrogens is 250 g/mol. The maximum Gasteiger partial charge on any atom is 0.231 e. The van der Waals surface area contributed by atoms with E-state index in [-0.39, 0.29) is 6.79 Å². The average molecular weight is 268 g/mol. The highest BCUT2D eigenvalue weighted by molar-refractivity contribution is 6.33. The second kappa shape index (κ2) is 4.88. The van der Waals surface area contributed by atoms with E-state index >= 15 is 0 Å². The molecule has 0 bridgehead atoms. The quantitative estimate of drug-likeness (QED) is 0.877. The minimum atomic E-state index is 0.287. The van der Waals surface area contributed by atoms with Gasteiger partial charge in [0.15, 0.2) is 11.5 Å². The molecule has 18 heavy (non-hydrogen) atoms. The van der Waals surface area contributed by atoms with Crippen molar-refractivity contribution < 1.29 is 9.47 Å². The molecule has 0 aromatic heterocycles. The van der Waals surface area contributed by atoms with Gasteiger partial charge in [0.1, 0.15) is 0 Å². The molecule has 1 fully saturated rings. The molecule has 3 rings (SSSR count). The van der Waals surface area contributed by atoms with Crippen LogP contribution in [0, 0.1) is 5.92 Å². The lowest BCUT2D eigenvalue weighted by Crippen LogP contribution is -2.30. The first-order valence-electron chi connectivity index (χ1n) is 6.60. The molecule has 98 valence electrons. The second-order valence-electron chi connectivity index (χ2n) is 5.20. The average Bonchev–Trinajstić information content (AvgIpc) is 2.79. The normalized spacial score (nSPS) is 26.1. The van der Waals surface area contributed by atoms with E-state index in [1.807, 2.05) is 12.1 Å². The second-order valence-corrected chi connectivity index (χ2v) is 5.61. The van der Waals surface area contributed by atoms with Crippen molar-refractivity contribution in [2.75, 3.05) is 12.1 Å². The van der Waals surface area contributed by atoms with E-state index in [0.717, 1.165) is 17.2 Å². The SMILES string of the molecule is CC1CCCCC1Nc1cc2c(cc1Cl)OCO2. The maximum absolute atomic E-state index is 6.28. The van der Waals surface area contributed by atoms with Crippen LogP contribution in [0.5, 0.6) is 11.5 Å². The van der Waals surface area contributed by atoms with Gasteiger partial charge in [-0.1, -0.05) is 31.4 Å². The van der Waals surface area contributed by atoms with Crippen LogP contribution in [0.3, 0.4) is 0 Å². The molecule has 0 radical (unpaired) electrons. The molecule has 3 nitrogen and oxygen atoms in total. The highest BCUT2D eigenvalue weighted by Crippen LogP contribution is 2.40. The Morgan fingerprint density at radius 1 is 1.17 bits per heavy atom. The summed E-state index contributed by atoms with van der Waals surface area (Å²) in [6.07, 6.45) is 5.14. The van der Waals surface area contributed by atoms with Crippen LogP contribution in [-0.4, -0.2) is 12.8 Å². The van der Waals surface area contributed by atoms with E-state index in [0.29, 0.717) is 17.0 Å². The Morgan fingerprint density at radius 2 is 1.89 bits per heavy atom. The monoisotopic (exact) mass is 267 g/mol. The molecule has 0 saturated heterocycles. The van der Waals surface area contributed by atoms with Gasteiger partial charge in [-0.25, -0.2) is 0 Å². The number of rotatable bonds is 2. The maximum atomic E-state index is 6.28. The highest BCUT2D eigenvalue weighted by atomic mass is 35.5. The fourth-order valence-electron chi connectivity index (χ4n) is 2.76. The highest BCUT2D eigenvalue weighted by Gasteiger charge is 2.23. The van der Waals surface area contributed by atoms with Gasteiger partial charge < -0.3 is 14.8 Å². The standard InChI is InChI=1S/C14H18ClNO2/c1-9-4-2-3-5-11(9)16-12-7-14-13(6-10(12)15)17-8-18-14/h6-7,9,11,16H,2-5,8H2,1H3. The fraction of sp³-hybridized carbons (Fsp3) is 0.571. The molecule has 0 amide bonds. The summed E-state index contributed by atoms with van der Waals surface area (Å²) >= 11 is 6.28. The van der Waals surface area contributed by atoms with Crippen molar-refractivity contribution >= 4 is 17.3 Å². The van der Waals surface area contributed by atoms with Crippen LogP contribution in [0.15, 0.2) is 12.1 Å². The van der Waals surface area contributed by atoms with Crippen LogP contribution >= 0.6 is 11.6 Å². The van der Waals surface area contributed by atoms with Gasteiger partial charge in [0.25, 0.3) is 0 Å². The first-order chi connectivity index (χ1) is 8.74. The van der Waals surface area contributed by atoms with Crippen molar-refractivity contribution in [3.63, 3.8) is 0 Å². The molecule has 1 heterocycles. The summed E-state index contributed by atoms with van der Waals surface area (Å²) in [4.78, 5) is 0. The molecule has 1 N–H and O–H groups in total. The van der Waals surface area contributed by atoms with Crippen LogP contribution in [-0.2, 0) is 0 Å². The van der Waals surface area contributed by atoms with Crippen molar-refractivity contribution in [1.29, 1.82) is 0 Å². The van der Waals surface area contributed by atoms with Crippen LogP contribution < -0.4 is 14.8 Å². The van der Waals surface area contributed by atoms with Crippen LogP contribution in [0.4, 0.5) is 5.69 Å². The summed E-state index contributed by atoms with van der Waals surface area (Å²) in [5, 5.41) is 4.27. The van der Waals surface area contributed by atoms with E-state index in [2.05, 4.69) is 12.2 Å². The van der Waals surface area contributed by atoms with Crippen molar-refractivity contribution in [3.8, 4) is 11.5 Å². The third-order valence-electron chi connectivity index (χ3n) is 3.91. The molecule has 1 aliphatic carbocycles. The van der Waals surface area contributed by atoms with Gasteiger partial charge in [-0.2, -0.15) is 0 Å². The summed E-state index contributed by atoms with van der Waals surface area (Å²) in [6, 6.07) is 4.29. The van der Waals surface area contributed by atoms with Gasteiger partial charge in [-0.15, -0.1) is 0 Å². The van der Waals surface area contributed by atoms with E-state index in [1.54, 1.807) is 0 Å². The smallest absolute Gasteiger partial charge is 0.231 e. The zero-order chi connectivity index (χ0) is 12.5. The summed E-state index contributed by atoms with van der Waals surface area (Å²) in [6.45, 7) is 2.59. The Kier molecular flexibility index (Phi) is 3.25. The Morgan fingerprint density at radius 3 is 2.67 bits per heavy atom. The number of hydrogen-bond acceptors (Lipinski definition) is 3. The van der Waals surface area contributed by atoms with Gasteiger partial charge >= 0.3 is 0 Å². The predicted octanol–water partition coefficient (Wildman–Crippen LogP) is 4.06. The van der Waals surface area contributed by atoms with Gasteiger partial charge in [-0.05, 0) is 18.8 Å². The summed E-state index contributed by atoms with van der Waals surface area (Å²) in [7, 11) is 0. The Bertz CT molecular complexity index is 450. The number of nitrogens with one attached hydrogen (secondary N) is 1. The summed E-state index contributed by atoms with van der Waals surface area (Å²) < 4.78 is 10.7. The number of anilines is 1. The number of halogens is 1. The zero-order valence-corrected chi connectivity index (χ0v) is 11.3. The van der Waals surface area contributed by atoms with Gasteiger partial charge in [-0.3, -0.25) is 0 Å². The number of hydrogen-bond donors (Lipinski definition) is 1. The Balaban J connectivity index is 1.79.